The molecule has 49 heavy (non-hydrogen) atoms. The SMILES string of the molecule is COC1C(O)C(OC2CCC3(C)C(CCC45CCC(C6=CC(=O)OC6)C(C)(CCC43)C5=O)C2)OC(C)C1OC1OC(CO)C(O)C(O)C1O. The Hall–Kier alpha value is -1.52. The number of aliphatic hydroxyl groups is 5. The molecule has 3 heterocycles. The molecule has 0 amide bonds. The first-order valence-electron chi connectivity index (χ1n) is 18.2. The molecular weight excluding hydrogens is 640 g/mol. The maximum absolute atomic E-state index is 14.5. The Morgan fingerprint density at radius 3 is 2.29 bits per heavy atom. The van der Waals surface area contributed by atoms with Crippen molar-refractivity contribution in [3.05, 3.63) is 11.6 Å². The minimum atomic E-state index is -1.60. The molecule has 0 aromatic carbocycles. The number of esters is 1. The third kappa shape index (κ3) is 5.66. The van der Waals surface area contributed by atoms with Crippen molar-refractivity contribution in [3.8, 4) is 0 Å². The Bertz CT molecular complexity index is 1310. The van der Waals surface area contributed by atoms with Crippen LogP contribution in [0.3, 0.4) is 0 Å². The maximum Gasteiger partial charge on any atom is 0.331 e. The lowest BCUT2D eigenvalue weighted by atomic mass is 9.37. The summed E-state index contributed by atoms with van der Waals surface area (Å²) in [5.74, 6) is 0.816. The van der Waals surface area contributed by atoms with Gasteiger partial charge < -0.3 is 54.0 Å². The van der Waals surface area contributed by atoms with Gasteiger partial charge in [-0.05, 0) is 93.5 Å². The van der Waals surface area contributed by atoms with Gasteiger partial charge in [-0.1, -0.05) is 13.8 Å². The lowest BCUT2D eigenvalue weighted by Gasteiger charge is -2.66. The summed E-state index contributed by atoms with van der Waals surface area (Å²) >= 11 is 0. The van der Waals surface area contributed by atoms with Gasteiger partial charge in [-0.25, -0.2) is 4.79 Å². The van der Waals surface area contributed by atoms with Crippen LogP contribution in [-0.4, -0.2) is 125 Å². The van der Waals surface area contributed by atoms with E-state index in [1.807, 2.05) is 0 Å². The quantitative estimate of drug-likeness (QED) is 0.189. The molecular formula is C36H54O13. The van der Waals surface area contributed by atoms with E-state index in [2.05, 4.69) is 13.8 Å². The zero-order valence-corrected chi connectivity index (χ0v) is 28.9. The molecule has 0 aromatic heterocycles. The molecule has 2 bridgehead atoms. The Morgan fingerprint density at radius 1 is 0.857 bits per heavy atom. The molecule has 1 spiro atoms. The van der Waals surface area contributed by atoms with E-state index in [1.54, 1.807) is 13.0 Å². The second-order valence-corrected chi connectivity index (χ2v) is 16.4. The summed E-state index contributed by atoms with van der Waals surface area (Å²) in [6, 6.07) is 0. The van der Waals surface area contributed by atoms with Gasteiger partial charge in [0.25, 0.3) is 0 Å². The minimum absolute atomic E-state index is 0.00757. The van der Waals surface area contributed by atoms with Crippen LogP contribution in [0.1, 0.15) is 78.6 Å². The molecule has 17 unspecified atom stereocenters. The first kappa shape index (κ1) is 35.9. The van der Waals surface area contributed by atoms with Gasteiger partial charge in [0.15, 0.2) is 12.6 Å². The summed E-state index contributed by atoms with van der Waals surface area (Å²) in [7, 11) is 1.43. The molecule has 4 saturated carbocycles. The van der Waals surface area contributed by atoms with Crippen LogP contribution in [0.2, 0.25) is 0 Å². The van der Waals surface area contributed by atoms with E-state index in [9.17, 15) is 35.1 Å². The fourth-order valence-electron chi connectivity index (χ4n) is 11.4. The van der Waals surface area contributed by atoms with Crippen molar-refractivity contribution >= 4 is 11.8 Å². The Labute approximate surface area is 287 Å². The van der Waals surface area contributed by atoms with E-state index in [1.165, 1.54) is 7.11 Å². The van der Waals surface area contributed by atoms with Crippen LogP contribution in [0.5, 0.6) is 0 Å². The number of carbonyl (C=O) groups excluding carboxylic acids is 2. The van der Waals surface area contributed by atoms with Gasteiger partial charge in [-0.15, -0.1) is 0 Å². The molecule has 276 valence electrons. The number of rotatable bonds is 7. The highest BCUT2D eigenvalue weighted by Gasteiger charge is 2.68. The Kier molecular flexibility index (Phi) is 9.63. The highest BCUT2D eigenvalue weighted by Crippen LogP contribution is 2.70. The summed E-state index contributed by atoms with van der Waals surface area (Å²) in [4.78, 5) is 26.4. The Morgan fingerprint density at radius 2 is 1.59 bits per heavy atom. The fourth-order valence-corrected chi connectivity index (χ4v) is 11.4. The molecule has 3 aliphatic heterocycles. The van der Waals surface area contributed by atoms with Crippen LogP contribution in [0.15, 0.2) is 11.6 Å². The van der Waals surface area contributed by atoms with Crippen LogP contribution >= 0.6 is 0 Å². The number of ether oxygens (including phenoxy) is 6. The van der Waals surface area contributed by atoms with Gasteiger partial charge in [0.05, 0.1) is 18.8 Å². The molecule has 6 fully saturated rings. The number of fused-ring (bicyclic) bond motifs is 3. The number of carbonyl (C=O) groups is 2. The number of cyclic esters (lactones) is 1. The smallest absolute Gasteiger partial charge is 0.331 e. The minimum Gasteiger partial charge on any atom is -0.458 e. The topological polar surface area (TPSA) is 191 Å². The van der Waals surface area contributed by atoms with E-state index in [0.29, 0.717) is 24.2 Å². The number of ketones is 1. The average Bonchev–Trinajstić information content (AvgIpc) is 3.50. The van der Waals surface area contributed by atoms with E-state index in [-0.39, 0.29) is 28.8 Å². The highest BCUT2D eigenvalue weighted by atomic mass is 16.7. The molecule has 7 rings (SSSR count). The van der Waals surface area contributed by atoms with Crippen molar-refractivity contribution < 1.29 is 63.5 Å². The summed E-state index contributed by atoms with van der Waals surface area (Å²) in [5, 5.41) is 51.8. The lowest BCUT2D eigenvalue weighted by Crippen LogP contribution is -2.65. The van der Waals surface area contributed by atoms with E-state index in [0.717, 1.165) is 63.4 Å². The number of hydrogen-bond donors (Lipinski definition) is 5. The largest absolute Gasteiger partial charge is 0.458 e. The lowest BCUT2D eigenvalue weighted by molar-refractivity contribution is -0.362. The van der Waals surface area contributed by atoms with Gasteiger partial charge in [0, 0.05) is 24.0 Å². The number of methoxy groups -OCH3 is 1. The van der Waals surface area contributed by atoms with Gasteiger partial charge >= 0.3 is 5.97 Å². The molecule has 0 aromatic rings. The standard InChI is InChI=1S/C36H54O13/c1-17-29(49-31-27(41)26(40)25(39)22(15-37)48-31)30(44-4)28(42)32(46-17)47-20-6-9-34(2)19(14-20)5-11-36-12-7-21(18-13-24(38)45-16-18)35(3,33(36)43)10-8-23(34)36/h13,17,19-23,25-32,37,39-42H,5-12,14-16H2,1-4H3. The maximum atomic E-state index is 14.5. The second kappa shape index (κ2) is 13.2. The van der Waals surface area contributed by atoms with Crippen molar-refractivity contribution in [2.75, 3.05) is 20.3 Å². The zero-order chi connectivity index (χ0) is 35.0. The normalized spacial score (nSPS) is 53.0. The van der Waals surface area contributed by atoms with Crippen molar-refractivity contribution in [2.24, 2.45) is 34.0 Å². The molecule has 13 heteroatoms. The molecule has 17 atom stereocenters. The predicted octanol–water partition coefficient (Wildman–Crippen LogP) is 1.14. The van der Waals surface area contributed by atoms with Gasteiger partial charge in [-0.2, -0.15) is 0 Å². The average molecular weight is 695 g/mol. The Balaban J connectivity index is 0.999. The summed E-state index contributed by atoms with van der Waals surface area (Å²) in [5.41, 5.74) is 0.181. The van der Waals surface area contributed by atoms with Crippen molar-refractivity contribution in [1.29, 1.82) is 0 Å². The van der Waals surface area contributed by atoms with Gasteiger partial charge in [-0.3, -0.25) is 4.79 Å². The molecule has 2 saturated heterocycles. The molecule has 4 aliphatic carbocycles. The predicted molar refractivity (Wildman–Crippen MR) is 169 cm³/mol. The highest BCUT2D eigenvalue weighted by molar-refractivity contribution is 5.93. The van der Waals surface area contributed by atoms with Gasteiger partial charge in [0.2, 0.25) is 0 Å². The summed E-state index contributed by atoms with van der Waals surface area (Å²) in [6.45, 7) is 5.95. The number of aliphatic hydroxyl groups excluding tert-OH is 5. The summed E-state index contributed by atoms with van der Waals surface area (Å²) < 4.78 is 35.0. The van der Waals surface area contributed by atoms with Crippen LogP contribution < -0.4 is 0 Å². The van der Waals surface area contributed by atoms with E-state index >= 15 is 0 Å². The van der Waals surface area contributed by atoms with E-state index in [4.69, 9.17) is 28.4 Å². The van der Waals surface area contributed by atoms with Crippen molar-refractivity contribution in [2.45, 2.75) is 146 Å². The van der Waals surface area contributed by atoms with Crippen LogP contribution in [0.25, 0.3) is 0 Å². The first-order valence-corrected chi connectivity index (χ1v) is 18.2. The zero-order valence-electron chi connectivity index (χ0n) is 28.9. The molecule has 13 nitrogen and oxygen atoms in total. The van der Waals surface area contributed by atoms with E-state index < -0.39 is 73.4 Å². The van der Waals surface area contributed by atoms with Crippen molar-refractivity contribution in [3.63, 3.8) is 0 Å². The van der Waals surface area contributed by atoms with Gasteiger partial charge in [0.1, 0.15) is 55.1 Å². The fraction of sp³-hybridized carbons (Fsp3) is 0.889. The number of hydrogen-bond acceptors (Lipinski definition) is 13. The van der Waals surface area contributed by atoms with Crippen LogP contribution in [-0.2, 0) is 38.0 Å². The third-order valence-corrected chi connectivity index (χ3v) is 14.1. The third-order valence-electron chi connectivity index (χ3n) is 14.1. The second-order valence-electron chi connectivity index (χ2n) is 16.4. The first-order chi connectivity index (χ1) is 23.3. The van der Waals surface area contributed by atoms with Crippen molar-refractivity contribution in [1.82, 2.24) is 0 Å². The summed E-state index contributed by atoms with van der Waals surface area (Å²) in [6.07, 6.45) is -2.72. The number of Topliss-reactive ketones (excluding diaryl/α,β-unsaturated/α-hetero) is 1. The molecule has 7 aliphatic rings. The van der Waals surface area contributed by atoms with Crippen LogP contribution in [0.4, 0.5) is 0 Å². The monoisotopic (exact) mass is 694 g/mol. The molecule has 5 N–H and O–H groups in total. The molecule has 0 radical (unpaired) electrons. The van der Waals surface area contributed by atoms with Crippen LogP contribution in [0, 0.1) is 34.0 Å².